The molecule has 5 rings (SSSR count). The van der Waals surface area contributed by atoms with Gasteiger partial charge in [0.05, 0.1) is 44.6 Å². The number of H-pyrrole nitrogens is 2. The van der Waals surface area contributed by atoms with Crippen molar-refractivity contribution in [3.05, 3.63) is 83.4 Å². The van der Waals surface area contributed by atoms with E-state index in [9.17, 15) is 13.2 Å². The predicted octanol–water partition coefficient (Wildman–Crippen LogP) is 2.84. The number of carbonyl (C=O) groups is 1. The molecule has 12 heteroatoms. The lowest BCUT2D eigenvalue weighted by atomic mass is 10.2. The van der Waals surface area contributed by atoms with E-state index in [0.29, 0.717) is 40.4 Å². The number of hydrogen-bond acceptors (Lipinski definition) is 6. The van der Waals surface area contributed by atoms with E-state index in [0.717, 1.165) is 15.3 Å². The molecule has 2 heterocycles. The van der Waals surface area contributed by atoms with Crippen LogP contribution < -0.4 is 10.0 Å². The van der Waals surface area contributed by atoms with Gasteiger partial charge in [0.1, 0.15) is 17.5 Å². The normalized spacial score (nSPS) is 11.7. The van der Waals surface area contributed by atoms with E-state index in [1.54, 1.807) is 36.4 Å². The number of imidazole rings is 2. The van der Waals surface area contributed by atoms with Gasteiger partial charge < -0.3 is 20.8 Å². The number of anilines is 1. The van der Waals surface area contributed by atoms with E-state index in [1.165, 1.54) is 31.3 Å². The van der Waals surface area contributed by atoms with Crippen LogP contribution in [0.15, 0.2) is 65.6 Å². The maximum atomic E-state index is 13.1. The number of sulfonamides is 1. The number of nitrogens with two attached hydrogens (primary N) is 1. The summed E-state index contributed by atoms with van der Waals surface area (Å²) in [4.78, 5) is 26.6. The van der Waals surface area contributed by atoms with Gasteiger partial charge >= 0.3 is 5.97 Å². The number of carboxylic acid groups (broad SMARTS) is 1. The van der Waals surface area contributed by atoms with Crippen LogP contribution in [-0.2, 0) is 16.4 Å². The third kappa shape index (κ3) is 4.14. The molecule has 3 aromatic carbocycles. The fourth-order valence-electron chi connectivity index (χ4n) is 3.87. The molecule has 0 amide bonds. The van der Waals surface area contributed by atoms with Gasteiger partial charge in [-0.05, 0) is 60.7 Å². The molecule has 0 aliphatic carbocycles. The van der Waals surface area contributed by atoms with Gasteiger partial charge in [0.25, 0.3) is 10.0 Å². The standard InChI is InChI=1S/C24H21N7O4S/c1-31(36(34,35)16-6-2-13(3-7-16)24(32)33)15-5-9-18-20(11-15)30-22(28-18)12-21-27-17-8-4-14(23(25)26)10-19(17)29-21/h2-11H,12H2,1H3,(H3,25,26)(H,27,29)(H,28,30)(H,32,33). The van der Waals surface area contributed by atoms with E-state index >= 15 is 0 Å². The Bertz CT molecular complexity index is 1750. The topological polar surface area (TPSA) is 182 Å². The van der Waals surface area contributed by atoms with Crippen molar-refractivity contribution < 1.29 is 18.3 Å². The molecule has 0 saturated heterocycles. The lowest BCUT2D eigenvalue weighted by Crippen LogP contribution is -2.26. The largest absolute Gasteiger partial charge is 0.478 e. The molecule has 182 valence electrons. The molecule has 0 aliphatic heterocycles. The second kappa shape index (κ2) is 8.50. The zero-order chi connectivity index (χ0) is 25.6. The number of benzene rings is 3. The first-order valence-electron chi connectivity index (χ1n) is 10.8. The van der Waals surface area contributed by atoms with Crippen molar-refractivity contribution in [1.29, 1.82) is 5.41 Å². The minimum absolute atomic E-state index is 0.00626. The van der Waals surface area contributed by atoms with Crippen LogP contribution in [0.25, 0.3) is 22.1 Å². The Hall–Kier alpha value is -4.71. The average molecular weight is 504 g/mol. The molecular formula is C24H21N7O4S. The Balaban J connectivity index is 1.40. The Morgan fingerprint density at radius 1 is 0.944 bits per heavy atom. The molecule has 6 N–H and O–H groups in total. The summed E-state index contributed by atoms with van der Waals surface area (Å²) in [7, 11) is -2.47. The van der Waals surface area contributed by atoms with Gasteiger partial charge in [0.2, 0.25) is 0 Å². The first kappa shape index (κ1) is 23.1. The van der Waals surface area contributed by atoms with Gasteiger partial charge in [-0.25, -0.2) is 23.2 Å². The number of nitrogens with one attached hydrogen (secondary N) is 3. The zero-order valence-electron chi connectivity index (χ0n) is 19.0. The van der Waals surface area contributed by atoms with Crippen molar-refractivity contribution in [2.24, 2.45) is 5.73 Å². The Morgan fingerprint density at radius 3 is 2.08 bits per heavy atom. The molecular weight excluding hydrogens is 482 g/mol. The van der Waals surface area contributed by atoms with Crippen LogP contribution in [0.5, 0.6) is 0 Å². The van der Waals surface area contributed by atoms with Crippen LogP contribution in [0.2, 0.25) is 0 Å². The van der Waals surface area contributed by atoms with Gasteiger partial charge in [0.15, 0.2) is 0 Å². The van der Waals surface area contributed by atoms with Gasteiger partial charge in [0, 0.05) is 12.6 Å². The molecule has 0 atom stereocenters. The van der Waals surface area contributed by atoms with Gasteiger partial charge in [-0.1, -0.05) is 0 Å². The summed E-state index contributed by atoms with van der Waals surface area (Å²) in [6.07, 6.45) is 0.387. The van der Waals surface area contributed by atoms with E-state index < -0.39 is 16.0 Å². The monoisotopic (exact) mass is 503 g/mol. The van der Waals surface area contributed by atoms with E-state index in [1.807, 2.05) is 0 Å². The van der Waals surface area contributed by atoms with Crippen LogP contribution in [0, 0.1) is 5.41 Å². The zero-order valence-corrected chi connectivity index (χ0v) is 19.8. The number of rotatable bonds is 7. The quantitative estimate of drug-likeness (QED) is 0.167. The number of amidine groups is 1. The van der Waals surface area contributed by atoms with Crippen molar-refractivity contribution >= 4 is 49.6 Å². The molecule has 0 bridgehead atoms. The number of nitrogens with zero attached hydrogens (tertiary/aromatic N) is 3. The maximum Gasteiger partial charge on any atom is 0.335 e. The van der Waals surface area contributed by atoms with E-state index in [-0.39, 0.29) is 16.3 Å². The Morgan fingerprint density at radius 2 is 1.50 bits per heavy atom. The minimum Gasteiger partial charge on any atom is -0.478 e. The fraction of sp³-hybridized carbons (Fsp3) is 0.0833. The first-order valence-corrected chi connectivity index (χ1v) is 12.2. The summed E-state index contributed by atoms with van der Waals surface area (Å²) in [5.74, 6) is 0.166. The van der Waals surface area contributed by atoms with Crippen molar-refractivity contribution in [2.75, 3.05) is 11.4 Å². The third-order valence-corrected chi connectivity index (χ3v) is 7.61. The minimum atomic E-state index is -3.90. The number of carboxylic acids is 1. The van der Waals surface area contributed by atoms with Crippen molar-refractivity contribution in [3.63, 3.8) is 0 Å². The summed E-state index contributed by atoms with van der Waals surface area (Å²) in [5.41, 5.74) is 9.42. The number of aromatic carboxylic acids is 1. The first-order chi connectivity index (χ1) is 17.1. The summed E-state index contributed by atoms with van der Waals surface area (Å²) in [6.45, 7) is 0. The summed E-state index contributed by atoms with van der Waals surface area (Å²) < 4.78 is 27.3. The van der Waals surface area contributed by atoms with Crippen LogP contribution in [0.1, 0.15) is 27.6 Å². The molecule has 11 nitrogen and oxygen atoms in total. The van der Waals surface area contributed by atoms with Crippen molar-refractivity contribution in [1.82, 2.24) is 19.9 Å². The Kier molecular flexibility index (Phi) is 5.44. The third-order valence-electron chi connectivity index (χ3n) is 5.81. The lowest BCUT2D eigenvalue weighted by Gasteiger charge is -2.19. The molecule has 0 unspecified atom stereocenters. The summed E-state index contributed by atoms with van der Waals surface area (Å²) in [6, 6.07) is 15.4. The van der Waals surface area contributed by atoms with Crippen LogP contribution >= 0.6 is 0 Å². The highest BCUT2D eigenvalue weighted by molar-refractivity contribution is 7.92. The molecule has 36 heavy (non-hydrogen) atoms. The maximum absolute atomic E-state index is 13.1. The predicted molar refractivity (Wildman–Crippen MR) is 135 cm³/mol. The smallest absolute Gasteiger partial charge is 0.335 e. The van der Waals surface area contributed by atoms with E-state index in [4.69, 9.17) is 16.2 Å². The van der Waals surface area contributed by atoms with Crippen molar-refractivity contribution in [2.45, 2.75) is 11.3 Å². The number of fused-ring (bicyclic) bond motifs is 2. The summed E-state index contributed by atoms with van der Waals surface area (Å²) >= 11 is 0. The van der Waals surface area contributed by atoms with Crippen LogP contribution in [-0.4, -0.2) is 52.3 Å². The second-order valence-electron chi connectivity index (χ2n) is 8.19. The number of nitrogen functional groups attached to an aromatic ring is 1. The highest BCUT2D eigenvalue weighted by Crippen LogP contribution is 2.26. The second-order valence-corrected chi connectivity index (χ2v) is 10.2. The molecule has 5 aromatic rings. The van der Waals surface area contributed by atoms with E-state index in [2.05, 4.69) is 19.9 Å². The van der Waals surface area contributed by atoms with Crippen LogP contribution in [0.3, 0.4) is 0 Å². The Labute approximate surface area is 205 Å². The fourth-order valence-corrected chi connectivity index (χ4v) is 5.06. The lowest BCUT2D eigenvalue weighted by molar-refractivity contribution is 0.0696. The van der Waals surface area contributed by atoms with Crippen molar-refractivity contribution in [3.8, 4) is 0 Å². The number of hydrogen-bond donors (Lipinski definition) is 5. The van der Waals surface area contributed by atoms with Gasteiger partial charge in [-0.15, -0.1) is 0 Å². The molecule has 2 aromatic heterocycles. The number of aromatic amines is 2. The molecule has 0 radical (unpaired) electrons. The highest BCUT2D eigenvalue weighted by atomic mass is 32.2. The molecule has 0 fully saturated rings. The average Bonchev–Trinajstić information content (AvgIpc) is 3.45. The van der Waals surface area contributed by atoms with Crippen LogP contribution in [0.4, 0.5) is 5.69 Å². The van der Waals surface area contributed by atoms with Gasteiger partial charge in [-0.3, -0.25) is 9.71 Å². The van der Waals surface area contributed by atoms with Gasteiger partial charge in [-0.2, -0.15) is 0 Å². The molecule has 0 saturated carbocycles. The SMILES string of the molecule is CN(c1ccc2nc(Cc3nc4ccc(C(=N)N)cc4[nH]3)[nH]c2c1)S(=O)(=O)c1ccc(C(=O)O)cc1. The highest BCUT2D eigenvalue weighted by Gasteiger charge is 2.22. The molecule has 0 spiro atoms. The summed E-state index contributed by atoms with van der Waals surface area (Å²) in [5, 5.41) is 16.6. The molecule has 0 aliphatic rings. The number of aromatic nitrogens is 4.